The van der Waals surface area contributed by atoms with Crippen LogP contribution in [-0.4, -0.2) is 43.6 Å². The van der Waals surface area contributed by atoms with E-state index in [1.54, 1.807) is 12.1 Å². The van der Waals surface area contributed by atoms with Gasteiger partial charge in [-0.25, -0.2) is 0 Å². The maximum Gasteiger partial charge on any atom is 0.257 e. The Kier molecular flexibility index (Phi) is 4.63. The number of nitrogens with zero attached hydrogens (tertiary/aromatic N) is 1. The Morgan fingerprint density at radius 1 is 1.53 bits per heavy atom. The summed E-state index contributed by atoms with van der Waals surface area (Å²) in [7, 11) is 2.09. The number of carbonyl (C=O) groups excluding carboxylic acids is 1. The predicted octanol–water partition coefficient (Wildman–Crippen LogP) is 0.858. The van der Waals surface area contributed by atoms with Crippen LogP contribution in [0.2, 0.25) is 0 Å². The van der Waals surface area contributed by atoms with Crippen molar-refractivity contribution >= 4 is 11.6 Å². The lowest BCUT2D eigenvalue weighted by molar-refractivity contribution is -0.123. The van der Waals surface area contributed by atoms with Crippen molar-refractivity contribution in [2.75, 3.05) is 32.5 Å². The molecule has 1 aliphatic heterocycles. The predicted molar refractivity (Wildman–Crippen MR) is 75.0 cm³/mol. The van der Waals surface area contributed by atoms with Crippen LogP contribution in [0.15, 0.2) is 24.3 Å². The van der Waals surface area contributed by atoms with E-state index >= 15 is 0 Å². The number of benzene rings is 1. The highest BCUT2D eigenvalue weighted by Gasteiger charge is 2.21. The minimum atomic E-state index is -0.108. The molecule has 1 aromatic rings. The molecule has 104 valence electrons. The summed E-state index contributed by atoms with van der Waals surface area (Å²) in [5.74, 6) is 0.444. The van der Waals surface area contributed by atoms with Gasteiger partial charge in [-0.15, -0.1) is 0 Å². The smallest absolute Gasteiger partial charge is 0.257 e. The summed E-state index contributed by atoms with van der Waals surface area (Å²) >= 11 is 0. The summed E-state index contributed by atoms with van der Waals surface area (Å²) in [6, 6.07) is 7.62. The molecule has 0 aromatic heterocycles. The van der Waals surface area contributed by atoms with E-state index < -0.39 is 0 Å². The van der Waals surface area contributed by atoms with Crippen LogP contribution in [0.1, 0.15) is 12.8 Å². The first-order valence-corrected chi connectivity index (χ1v) is 6.61. The van der Waals surface area contributed by atoms with Gasteiger partial charge in [0.2, 0.25) is 0 Å². The molecule has 2 rings (SSSR count). The van der Waals surface area contributed by atoms with Crippen molar-refractivity contribution in [1.29, 1.82) is 0 Å². The van der Waals surface area contributed by atoms with Crippen LogP contribution in [0.5, 0.6) is 5.75 Å². The van der Waals surface area contributed by atoms with E-state index in [0.717, 1.165) is 13.0 Å². The minimum absolute atomic E-state index is 0.00461. The number of anilines is 1. The molecule has 1 aromatic carbocycles. The van der Waals surface area contributed by atoms with Crippen molar-refractivity contribution in [3.63, 3.8) is 0 Å². The molecule has 0 saturated carbocycles. The lowest BCUT2D eigenvalue weighted by Gasteiger charge is -2.19. The Balaban J connectivity index is 1.71. The SMILES string of the molecule is CN1CCCC1CNC(=O)COc1ccccc1N. The number of nitrogens with one attached hydrogen (secondary N) is 1. The number of rotatable bonds is 5. The topological polar surface area (TPSA) is 67.6 Å². The van der Waals surface area contributed by atoms with Gasteiger partial charge in [0.1, 0.15) is 5.75 Å². The number of hydrogen-bond acceptors (Lipinski definition) is 4. The van der Waals surface area contributed by atoms with Crippen LogP contribution in [-0.2, 0) is 4.79 Å². The fourth-order valence-electron chi connectivity index (χ4n) is 2.28. The zero-order valence-electron chi connectivity index (χ0n) is 11.3. The number of likely N-dealkylation sites (tertiary alicyclic amines) is 1. The quantitative estimate of drug-likeness (QED) is 0.773. The van der Waals surface area contributed by atoms with E-state index in [1.165, 1.54) is 6.42 Å². The molecule has 1 fully saturated rings. The molecule has 1 amide bonds. The maximum atomic E-state index is 11.7. The van der Waals surface area contributed by atoms with E-state index in [1.807, 2.05) is 12.1 Å². The van der Waals surface area contributed by atoms with E-state index in [0.29, 0.717) is 24.0 Å². The Morgan fingerprint density at radius 2 is 2.32 bits per heavy atom. The van der Waals surface area contributed by atoms with Crippen molar-refractivity contribution < 1.29 is 9.53 Å². The average Bonchev–Trinajstić information content (AvgIpc) is 2.81. The first-order valence-electron chi connectivity index (χ1n) is 6.61. The second kappa shape index (κ2) is 6.43. The van der Waals surface area contributed by atoms with E-state index in [9.17, 15) is 4.79 Å². The van der Waals surface area contributed by atoms with Gasteiger partial charge < -0.3 is 20.7 Å². The lowest BCUT2D eigenvalue weighted by Crippen LogP contribution is -2.40. The zero-order valence-corrected chi connectivity index (χ0v) is 11.3. The number of para-hydroxylation sites is 2. The third kappa shape index (κ3) is 3.86. The average molecular weight is 263 g/mol. The summed E-state index contributed by atoms with van der Waals surface area (Å²) in [4.78, 5) is 14.0. The Morgan fingerprint density at radius 3 is 3.00 bits per heavy atom. The number of nitrogen functional groups attached to an aromatic ring is 1. The summed E-state index contributed by atoms with van der Waals surface area (Å²) in [6.07, 6.45) is 2.34. The zero-order chi connectivity index (χ0) is 13.7. The van der Waals surface area contributed by atoms with Crippen molar-refractivity contribution in [3.8, 4) is 5.75 Å². The van der Waals surface area contributed by atoms with Crippen LogP contribution in [0.3, 0.4) is 0 Å². The van der Waals surface area contributed by atoms with Crippen LogP contribution < -0.4 is 15.8 Å². The van der Waals surface area contributed by atoms with Crippen molar-refractivity contribution in [1.82, 2.24) is 10.2 Å². The van der Waals surface area contributed by atoms with Gasteiger partial charge in [-0.2, -0.15) is 0 Å². The van der Waals surface area contributed by atoms with E-state index in [-0.39, 0.29) is 12.5 Å². The highest BCUT2D eigenvalue weighted by Crippen LogP contribution is 2.19. The molecule has 0 radical (unpaired) electrons. The molecule has 1 aliphatic rings. The van der Waals surface area contributed by atoms with E-state index in [4.69, 9.17) is 10.5 Å². The van der Waals surface area contributed by atoms with Gasteiger partial charge in [-0.1, -0.05) is 12.1 Å². The molecule has 19 heavy (non-hydrogen) atoms. The molecule has 0 spiro atoms. The summed E-state index contributed by atoms with van der Waals surface area (Å²) in [5, 5.41) is 2.90. The molecular formula is C14H21N3O2. The molecule has 0 aliphatic carbocycles. The van der Waals surface area contributed by atoms with Crippen LogP contribution >= 0.6 is 0 Å². The van der Waals surface area contributed by atoms with Gasteiger partial charge in [0.25, 0.3) is 5.91 Å². The summed E-state index contributed by atoms with van der Waals surface area (Å²) in [6.45, 7) is 1.80. The largest absolute Gasteiger partial charge is 0.482 e. The normalized spacial score (nSPS) is 19.3. The minimum Gasteiger partial charge on any atom is -0.482 e. The molecule has 1 heterocycles. The second-order valence-electron chi connectivity index (χ2n) is 4.91. The van der Waals surface area contributed by atoms with Crippen LogP contribution in [0.4, 0.5) is 5.69 Å². The molecule has 0 bridgehead atoms. The first kappa shape index (κ1) is 13.7. The molecule has 1 atom stereocenters. The molecule has 3 N–H and O–H groups in total. The monoisotopic (exact) mass is 263 g/mol. The number of hydrogen-bond donors (Lipinski definition) is 2. The van der Waals surface area contributed by atoms with Crippen molar-refractivity contribution in [2.24, 2.45) is 0 Å². The molecule has 5 heteroatoms. The number of ether oxygens (including phenoxy) is 1. The van der Waals surface area contributed by atoms with Gasteiger partial charge >= 0.3 is 0 Å². The Bertz CT molecular complexity index is 436. The third-order valence-electron chi connectivity index (χ3n) is 3.48. The van der Waals surface area contributed by atoms with Gasteiger partial charge in [0, 0.05) is 12.6 Å². The summed E-state index contributed by atoms with van der Waals surface area (Å²) in [5.41, 5.74) is 6.28. The highest BCUT2D eigenvalue weighted by molar-refractivity contribution is 5.77. The second-order valence-corrected chi connectivity index (χ2v) is 4.91. The molecule has 1 saturated heterocycles. The van der Waals surface area contributed by atoms with Crippen molar-refractivity contribution in [3.05, 3.63) is 24.3 Å². The lowest BCUT2D eigenvalue weighted by atomic mass is 10.2. The van der Waals surface area contributed by atoms with Gasteiger partial charge in [-0.3, -0.25) is 4.79 Å². The molecule has 1 unspecified atom stereocenters. The number of likely N-dealkylation sites (N-methyl/N-ethyl adjacent to an activating group) is 1. The fourth-order valence-corrected chi connectivity index (χ4v) is 2.28. The Hall–Kier alpha value is -1.75. The van der Waals surface area contributed by atoms with Gasteiger partial charge in [0.15, 0.2) is 6.61 Å². The molecular weight excluding hydrogens is 242 g/mol. The maximum absolute atomic E-state index is 11.7. The van der Waals surface area contributed by atoms with Crippen LogP contribution in [0, 0.1) is 0 Å². The van der Waals surface area contributed by atoms with Gasteiger partial charge in [0.05, 0.1) is 5.69 Å². The van der Waals surface area contributed by atoms with Gasteiger partial charge in [-0.05, 0) is 38.6 Å². The Labute approximate surface area is 113 Å². The summed E-state index contributed by atoms with van der Waals surface area (Å²) < 4.78 is 5.39. The number of amides is 1. The van der Waals surface area contributed by atoms with Crippen LogP contribution in [0.25, 0.3) is 0 Å². The van der Waals surface area contributed by atoms with E-state index in [2.05, 4.69) is 17.3 Å². The molecule has 5 nitrogen and oxygen atoms in total. The highest BCUT2D eigenvalue weighted by atomic mass is 16.5. The number of nitrogens with two attached hydrogens (primary N) is 1. The number of carbonyl (C=O) groups is 1. The fraction of sp³-hybridized carbons (Fsp3) is 0.500. The first-order chi connectivity index (χ1) is 9.16. The third-order valence-corrected chi connectivity index (χ3v) is 3.48. The van der Waals surface area contributed by atoms with Crippen molar-refractivity contribution in [2.45, 2.75) is 18.9 Å². The standard InChI is InChI=1S/C14H21N3O2/c1-17-8-4-5-11(17)9-16-14(18)10-19-13-7-3-2-6-12(13)15/h2-3,6-7,11H,4-5,8-10,15H2,1H3,(H,16,18).